The van der Waals surface area contributed by atoms with Gasteiger partial charge in [0.15, 0.2) is 11.5 Å². The van der Waals surface area contributed by atoms with Gasteiger partial charge in [0.2, 0.25) is 0 Å². The fraction of sp³-hybridized carbons (Fsp3) is 0.444. The zero-order valence-corrected chi connectivity index (χ0v) is 20.8. The van der Waals surface area contributed by atoms with Crippen LogP contribution in [0.2, 0.25) is 0 Å². The summed E-state index contributed by atoms with van der Waals surface area (Å²) in [4.78, 5) is 17.4. The Morgan fingerprint density at radius 1 is 0.943 bits per heavy atom. The quantitative estimate of drug-likeness (QED) is 0.523. The smallest absolute Gasteiger partial charge is 0.250 e. The number of rotatable bonds is 10. The van der Waals surface area contributed by atoms with E-state index in [4.69, 9.17) is 18.9 Å². The first-order chi connectivity index (χ1) is 17.1. The topological polar surface area (TPSA) is 72.5 Å². The van der Waals surface area contributed by atoms with Gasteiger partial charge in [0, 0.05) is 56.1 Å². The van der Waals surface area contributed by atoms with Gasteiger partial charge in [0.25, 0.3) is 5.91 Å². The Kier molecular flexibility index (Phi) is 8.36. The fourth-order valence-electron chi connectivity index (χ4n) is 4.43. The monoisotopic (exact) mass is 481 g/mol. The minimum absolute atomic E-state index is 0.0602. The number of benzene rings is 2. The predicted molar refractivity (Wildman–Crippen MR) is 137 cm³/mol. The predicted octanol–water partition coefficient (Wildman–Crippen LogP) is 3.21. The van der Waals surface area contributed by atoms with Crippen molar-refractivity contribution in [1.29, 1.82) is 0 Å². The molecular formula is C27H35N3O5. The summed E-state index contributed by atoms with van der Waals surface area (Å²) in [7, 11) is 4.94. The Hall–Kier alpha value is -3.39. The number of nitrogens with one attached hydrogen (secondary N) is 1. The van der Waals surface area contributed by atoms with E-state index in [0.717, 1.165) is 79.8 Å². The summed E-state index contributed by atoms with van der Waals surface area (Å²) in [6, 6.07) is 11.7. The van der Waals surface area contributed by atoms with Gasteiger partial charge in [-0.2, -0.15) is 0 Å². The summed E-state index contributed by atoms with van der Waals surface area (Å²) in [6.45, 7) is 5.98. The van der Waals surface area contributed by atoms with Gasteiger partial charge in [-0.25, -0.2) is 0 Å². The third kappa shape index (κ3) is 6.19. The number of hydrogen-bond acceptors (Lipinski definition) is 7. The number of methoxy groups -OCH3 is 3. The van der Waals surface area contributed by atoms with Gasteiger partial charge in [-0.3, -0.25) is 9.69 Å². The second kappa shape index (κ2) is 11.8. The molecule has 1 amide bonds. The van der Waals surface area contributed by atoms with Crippen LogP contribution in [0.4, 0.5) is 5.69 Å². The van der Waals surface area contributed by atoms with E-state index in [-0.39, 0.29) is 12.5 Å². The average molecular weight is 482 g/mol. The van der Waals surface area contributed by atoms with Crippen molar-refractivity contribution in [2.24, 2.45) is 0 Å². The molecule has 2 heterocycles. The van der Waals surface area contributed by atoms with Gasteiger partial charge in [0.1, 0.15) is 18.1 Å². The molecule has 2 aliphatic rings. The molecule has 0 saturated carbocycles. The highest BCUT2D eigenvalue weighted by atomic mass is 16.5. The van der Waals surface area contributed by atoms with E-state index in [2.05, 4.69) is 21.2 Å². The molecule has 35 heavy (non-hydrogen) atoms. The molecule has 0 bridgehead atoms. The van der Waals surface area contributed by atoms with Crippen molar-refractivity contribution >= 4 is 17.7 Å². The zero-order valence-electron chi connectivity index (χ0n) is 20.8. The first-order valence-corrected chi connectivity index (χ1v) is 12.1. The first-order valence-electron chi connectivity index (χ1n) is 12.1. The Morgan fingerprint density at radius 2 is 1.74 bits per heavy atom. The highest BCUT2D eigenvalue weighted by molar-refractivity contribution is 5.99. The van der Waals surface area contributed by atoms with Crippen LogP contribution in [0.5, 0.6) is 23.0 Å². The minimum atomic E-state index is -0.0602. The van der Waals surface area contributed by atoms with Crippen molar-refractivity contribution in [2.45, 2.75) is 12.8 Å². The van der Waals surface area contributed by atoms with E-state index in [9.17, 15) is 4.79 Å². The number of amides is 1. The van der Waals surface area contributed by atoms with Crippen LogP contribution in [0.1, 0.15) is 18.4 Å². The standard InChI is InChI=1S/C27H35N3O5/c1-32-23-8-6-20-16-21(19-35-25(20)18-23)27(31)28-10-4-5-11-29-12-14-30(15-13-29)22-7-9-24(33-2)26(17-22)34-3/h6-9,16-18H,4-5,10-15,19H2,1-3H3,(H,28,31). The van der Waals surface area contributed by atoms with E-state index in [0.29, 0.717) is 12.1 Å². The molecule has 4 rings (SSSR count). The average Bonchev–Trinajstić information content (AvgIpc) is 2.92. The number of ether oxygens (including phenoxy) is 4. The summed E-state index contributed by atoms with van der Waals surface area (Å²) in [5.41, 5.74) is 2.70. The molecule has 188 valence electrons. The maximum absolute atomic E-state index is 12.5. The van der Waals surface area contributed by atoms with E-state index in [1.807, 2.05) is 36.4 Å². The molecule has 0 aliphatic carbocycles. The molecule has 0 atom stereocenters. The lowest BCUT2D eigenvalue weighted by atomic mass is 10.1. The summed E-state index contributed by atoms with van der Waals surface area (Å²) in [6.07, 6.45) is 3.89. The first kappa shape index (κ1) is 24.7. The number of unbranched alkanes of at least 4 members (excludes halogenated alkanes) is 1. The summed E-state index contributed by atoms with van der Waals surface area (Å²) < 4.78 is 21.7. The fourth-order valence-corrected chi connectivity index (χ4v) is 4.43. The maximum Gasteiger partial charge on any atom is 0.250 e. The lowest BCUT2D eigenvalue weighted by molar-refractivity contribution is -0.117. The second-order valence-corrected chi connectivity index (χ2v) is 8.69. The van der Waals surface area contributed by atoms with Crippen LogP contribution in [-0.4, -0.2) is 78.0 Å². The van der Waals surface area contributed by atoms with Crippen LogP contribution >= 0.6 is 0 Å². The largest absolute Gasteiger partial charge is 0.497 e. The summed E-state index contributed by atoms with van der Waals surface area (Å²) in [5, 5.41) is 3.03. The van der Waals surface area contributed by atoms with Crippen LogP contribution < -0.4 is 29.2 Å². The normalized spacial score (nSPS) is 15.5. The molecule has 2 aromatic carbocycles. The summed E-state index contributed by atoms with van der Waals surface area (Å²) >= 11 is 0. The minimum Gasteiger partial charge on any atom is -0.497 e. The number of piperazine rings is 1. The number of carbonyl (C=O) groups excluding carboxylic acids is 1. The van der Waals surface area contributed by atoms with Crippen molar-refractivity contribution in [3.05, 3.63) is 47.5 Å². The second-order valence-electron chi connectivity index (χ2n) is 8.69. The van der Waals surface area contributed by atoms with Crippen molar-refractivity contribution < 1.29 is 23.7 Å². The van der Waals surface area contributed by atoms with Gasteiger partial charge in [-0.05, 0) is 49.7 Å². The Bertz CT molecular complexity index is 1050. The number of fused-ring (bicyclic) bond motifs is 1. The molecule has 2 aliphatic heterocycles. The molecule has 1 saturated heterocycles. The van der Waals surface area contributed by atoms with Crippen LogP contribution in [0.15, 0.2) is 42.0 Å². The molecule has 1 N–H and O–H groups in total. The number of carbonyl (C=O) groups is 1. The van der Waals surface area contributed by atoms with Crippen LogP contribution in [0, 0.1) is 0 Å². The third-order valence-electron chi connectivity index (χ3n) is 6.52. The maximum atomic E-state index is 12.5. The molecule has 1 fully saturated rings. The molecule has 0 spiro atoms. The molecule has 0 aromatic heterocycles. The van der Waals surface area contributed by atoms with Crippen molar-refractivity contribution in [1.82, 2.24) is 10.2 Å². The summed E-state index contributed by atoms with van der Waals surface area (Å²) in [5.74, 6) is 2.93. The molecule has 8 nitrogen and oxygen atoms in total. The Morgan fingerprint density at radius 3 is 2.49 bits per heavy atom. The lowest BCUT2D eigenvalue weighted by Gasteiger charge is -2.36. The van der Waals surface area contributed by atoms with Gasteiger partial charge in [-0.1, -0.05) is 0 Å². The molecule has 2 aromatic rings. The van der Waals surface area contributed by atoms with E-state index in [1.54, 1.807) is 21.3 Å². The molecular weight excluding hydrogens is 446 g/mol. The van der Waals surface area contributed by atoms with Gasteiger partial charge in [0.05, 0.1) is 26.9 Å². The van der Waals surface area contributed by atoms with Gasteiger partial charge < -0.3 is 29.2 Å². The molecule has 8 heteroatoms. The van der Waals surface area contributed by atoms with Crippen molar-refractivity contribution in [3.8, 4) is 23.0 Å². The van der Waals surface area contributed by atoms with Crippen LogP contribution in [0.25, 0.3) is 6.08 Å². The Labute approximate surface area is 207 Å². The molecule has 0 radical (unpaired) electrons. The van der Waals surface area contributed by atoms with E-state index >= 15 is 0 Å². The van der Waals surface area contributed by atoms with E-state index < -0.39 is 0 Å². The molecule has 0 unspecified atom stereocenters. The number of anilines is 1. The number of hydrogen-bond donors (Lipinski definition) is 1. The zero-order chi connectivity index (χ0) is 24.6. The Balaban J connectivity index is 1.15. The highest BCUT2D eigenvalue weighted by Gasteiger charge is 2.19. The SMILES string of the molecule is COc1ccc2c(c1)OCC(C(=O)NCCCCN1CCN(c3ccc(OC)c(OC)c3)CC1)=C2. The van der Waals surface area contributed by atoms with Crippen molar-refractivity contribution in [2.75, 3.05) is 72.1 Å². The lowest BCUT2D eigenvalue weighted by Crippen LogP contribution is -2.46. The van der Waals surface area contributed by atoms with Gasteiger partial charge >= 0.3 is 0 Å². The van der Waals surface area contributed by atoms with Crippen LogP contribution in [0.3, 0.4) is 0 Å². The number of nitrogens with zero attached hydrogens (tertiary/aromatic N) is 2. The third-order valence-corrected chi connectivity index (χ3v) is 6.52. The highest BCUT2D eigenvalue weighted by Crippen LogP contribution is 2.32. The van der Waals surface area contributed by atoms with E-state index in [1.165, 1.54) is 0 Å². The van der Waals surface area contributed by atoms with Crippen LogP contribution in [-0.2, 0) is 4.79 Å². The van der Waals surface area contributed by atoms with Gasteiger partial charge in [-0.15, -0.1) is 0 Å². The van der Waals surface area contributed by atoms with Crippen molar-refractivity contribution in [3.63, 3.8) is 0 Å².